The van der Waals surface area contributed by atoms with E-state index in [0.29, 0.717) is 13.2 Å². The number of ether oxygens (including phenoxy) is 1. The van der Waals surface area contributed by atoms with Gasteiger partial charge in [0.2, 0.25) is 0 Å². The Bertz CT molecular complexity index is 345. The van der Waals surface area contributed by atoms with Crippen LogP contribution in [0.5, 0.6) is 0 Å². The van der Waals surface area contributed by atoms with Crippen molar-refractivity contribution in [1.29, 1.82) is 0 Å². The van der Waals surface area contributed by atoms with Crippen molar-refractivity contribution in [2.24, 2.45) is 10.4 Å². The Morgan fingerprint density at radius 1 is 1.59 bits per heavy atom. The van der Waals surface area contributed by atoms with E-state index in [2.05, 4.69) is 37.2 Å². The lowest BCUT2D eigenvalue weighted by atomic mass is 9.94. The number of nitrogens with zero attached hydrogens (tertiary/aromatic N) is 2. The highest BCUT2D eigenvalue weighted by atomic mass is 16.5. The lowest BCUT2D eigenvalue weighted by Gasteiger charge is -2.28. The van der Waals surface area contributed by atoms with E-state index in [4.69, 9.17) is 12.6 Å². The molecule has 1 aliphatic heterocycles. The minimum absolute atomic E-state index is 0.0258. The average Bonchev–Trinajstić information content (AvgIpc) is 2.65. The third-order valence-electron chi connectivity index (χ3n) is 2.46. The molecule has 92 valence electrons. The van der Waals surface area contributed by atoms with Crippen LogP contribution in [-0.2, 0) is 9.53 Å². The molecule has 0 aliphatic carbocycles. The average molecular weight is 234 g/mol. The first-order chi connectivity index (χ1) is 7.82. The number of esters is 1. The van der Waals surface area contributed by atoms with E-state index in [1.54, 1.807) is 0 Å². The maximum absolute atomic E-state index is 11.1. The molecular weight excluding hydrogens is 215 g/mol. The van der Waals surface area contributed by atoms with Gasteiger partial charge >= 0.3 is 5.97 Å². The molecule has 1 aliphatic rings. The van der Waals surface area contributed by atoms with Crippen LogP contribution in [0, 0.1) is 5.41 Å². The molecule has 0 fully saturated rings. The van der Waals surface area contributed by atoms with E-state index < -0.39 is 5.97 Å². The fraction of sp³-hybridized carbons (Fsp3) is 0.667. The van der Waals surface area contributed by atoms with Crippen molar-refractivity contribution in [3.8, 4) is 0 Å². The molecule has 0 N–H and O–H groups in total. The van der Waals surface area contributed by atoms with Crippen molar-refractivity contribution in [3.05, 3.63) is 12.1 Å². The summed E-state index contributed by atoms with van der Waals surface area (Å²) >= 11 is 0. The second kappa shape index (κ2) is 5.38. The summed E-state index contributed by atoms with van der Waals surface area (Å²) in [5.74, 6) is 0.526. The standard InChI is InChI=1S/C12H19BN2O2/c1-9(13)10(16)17-8-7-15-6-5-14-11(15)12(2,3)4/h1,5-8H2,2-4H3. The van der Waals surface area contributed by atoms with Gasteiger partial charge in [0.25, 0.3) is 0 Å². The van der Waals surface area contributed by atoms with Gasteiger partial charge in [-0.25, -0.2) is 4.79 Å². The summed E-state index contributed by atoms with van der Waals surface area (Å²) in [6.45, 7) is 12.3. The third kappa shape index (κ3) is 3.91. The van der Waals surface area contributed by atoms with Crippen LogP contribution in [0.3, 0.4) is 0 Å². The zero-order valence-electron chi connectivity index (χ0n) is 10.8. The topological polar surface area (TPSA) is 41.9 Å². The van der Waals surface area contributed by atoms with Gasteiger partial charge in [0.1, 0.15) is 20.3 Å². The number of aliphatic imine (C=N–C) groups is 1. The Labute approximate surface area is 104 Å². The number of hydrogen-bond acceptors (Lipinski definition) is 4. The monoisotopic (exact) mass is 234 g/mol. The van der Waals surface area contributed by atoms with Crippen LogP contribution in [0.1, 0.15) is 20.8 Å². The van der Waals surface area contributed by atoms with E-state index in [-0.39, 0.29) is 10.9 Å². The number of rotatable bonds is 4. The highest BCUT2D eigenvalue weighted by molar-refractivity contribution is 6.34. The predicted octanol–water partition coefficient (Wildman–Crippen LogP) is 0.972. The SMILES string of the molecule is [B]C(=C)C(=O)OCCN1CCN=C1C(C)(C)C. The number of carbonyl (C=O) groups excluding carboxylic acids is 1. The Balaban J connectivity index is 2.41. The fourth-order valence-electron chi connectivity index (χ4n) is 1.75. The van der Waals surface area contributed by atoms with Gasteiger partial charge in [-0.1, -0.05) is 27.4 Å². The normalized spacial score (nSPS) is 15.7. The van der Waals surface area contributed by atoms with Crippen molar-refractivity contribution < 1.29 is 9.53 Å². The maximum Gasteiger partial charge on any atom is 0.322 e. The molecule has 0 saturated carbocycles. The van der Waals surface area contributed by atoms with Crippen LogP contribution >= 0.6 is 0 Å². The second-order valence-corrected chi connectivity index (χ2v) is 5.10. The molecule has 0 aromatic carbocycles. The first-order valence-corrected chi connectivity index (χ1v) is 5.74. The highest BCUT2D eigenvalue weighted by Gasteiger charge is 2.27. The van der Waals surface area contributed by atoms with Gasteiger partial charge < -0.3 is 9.64 Å². The molecule has 0 unspecified atom stereocenters. The largest absolute Gasteiger partial charge is 0.461 e. The fourth-order valence-corrected chi connectivity index (χ4v) is 1.75. The minimum Gasteiger partial charge on any atom is -0.461 e. The van der Waals surface area contributed by atoms with Crippen molar-refractivity contribution in [3.63, 3.8) is 0 Å². The smallest absolute Gasteiger partial charge is 0.322 e. The molecule has 0 bridgehead atoms. The van der Waals surface area contributed by atoms with Crippen molar-refractivity contribution in [1.82, 2.24) is 4.90 Å². The quantitative estimate of drug-likeness (QED) is 0.413. The van der Waals surface area contributed by atoms with Crippen LogP contribution in [0.2, 0.25) is 0 Å². The lowest BCUT2D eigenvalue weighted by Crippen LogP contribution is -2.38. The molecule has 1 heterocycles. The summed E-state index contributed by atoms with van der Waals surface area (Å²) in [6.07, 6.45) is 0. The summed E-state index contributed by atoms with van der Waals surface area (Å²) in [7, 11) is 5.22. The predicted molar refractivity (Wildman–Crippen MR) is 69.2 cm³/mol. The van der Waals surface area contributed by atoms with Crippen LogP contribution in [0.4, 0.5) is 0 Å². The Kier molecular flexibility index (Phi) is 4.37. The Morgan fingerprint density at radius 3 is 2.76 bits per heavy atom. The van der Waals surface area contributed by atoms with Crippen LogP contribution in [-0.4, -0.2) is 50.8 Å². The van der Waals surface area contributed by atoms with Gasteiger partial charge in [-0.3, -0.25) is 4.99 Å². The zero-order chi connectivity index (χ0) is 13.1. The summed E-state index contributed by atoms with van der Waals surface area (Å²) in [5.41, 5.74) is -0.0334. The molecule has 1 rings (SSSR count). The summed E-state index contributed by atoms with van der Waals surface area (Å²) in [4.78, 5) is 17.7. The molecule has 0 atom stereocenters. The lowest BCUT2D eigenvalue weighted by molar-refractivity contribution is -0.138. The van der Waals surface area contributed by atoms with Gasteiger partial charge in [0, 0.05) is 12.0 Å². The van der Waals surface area contributed by atoms with E-state index in [1.165, 1.54) is 0 Å². The van der Waals surface area contributed by atoms with Crippen molar-refractivity contribution >= 4 is 19.7 Å². The third-order valence-corrected chi connectivity index (χ3v) is 2.46. The molecule has 0 aromatic rings. The van der Waals surface area contributed by atoms with Gasteiger partial charge in [0.15, 0.2) is 0 Å². The molecule has 5 heteroatoms. The highest BCUT2D eigenvalue weighted by Crippen LogP contribution is 2.21. The van der Waals surface area contributed by atoms with Gasteiger partial charge in [-0.2, -0.15) is 0 Å². The summed E-state index contributed by atoms with van der Waals surface area (Å²) < 4.78 is 4.97. The van der Waals surface area contributed by atoms with Gasteiger partial charge in [0.05, 0.1) is 13.1 Å². The molecule has 2 radical (unpaired) electrons. The van der Waals surface area contributed by atoms with E-state index >= 15 is 0 Å². The second-order valence-electron chi connectivity index (χ2n) is 5.10. The zero-order valence-corrected chi connectivity index (χ0v) is 10.8. The van der Waals surface area contributed by atoms with E-state index in [9.17, 15) is 4.79 Å². The number of amidine groups is 1. The molecule has 0 spiro atoms. The van der Waals surface area contributed by atoms with Gasteiger partial charge in [-0.05, 0) is 5.47 Å². The van der Waals surface area contributed by atoms with E-state index in [1.807, 2.05) is 0 Å². The Morgan fingerprint density at radius 2 is 2.24 bits per heavy atom. The minimum atomic E-state index is -0.543. The first kappa shape index (κ1) is 13.8. The number of carbonyl (C=O) groups is 1. The number of hydrogen-bond donors (Lipinski definition) is 0. The molecular formula is C12H19BN2O2. The molecule has 17 heavy (non-hydrogen) atoms. The van der Waals surface area contributed by atoms with Gasteiger partial charge in [-0.15, -0.1) is 0 Å². The molecule has 0 aromatic heterocycles. The van der Waals surface area contributed by atoms with Crippen LogP contribution in [0.25, 0.3) is 0 Å². The molecule has 0 saturated heterocycles. The summed E-state index contributed by atoms with van der Waals surface area (Å²) in [6, 6.07) is 0. The molecule has 4 nitrogen and oxygen atoms in total. The molecule has 0 amide bonds. The Hall–Kier alpha value is -1.26. The van der Waals surface area contributed by atoms with E-state index in [0.717, 1.165) is 18.9 Å². The maximum atomic E-state index is 11.1. The van der Waals surface area contributed by atoms with Crippen molar-refractivity contribution in [2.45, 2.75) is 20.8 Å². The first-order valence-electron chi connectivity index (χ1n) is 5.74. The van der Waals surface area contributed by atoms with Crippen molar-refractivity contribution in [2.75, 3.05) is 26.2 Å². The summed E-state index contributed by atoms with van der Waals surface area (Å²) in [5, 5.41) is 0. The van der Waals surface area contributed by atoms with Crippen LogP contribution < -0.4 is 0 Å². The van der Waals surface area contributed by atoms with Crippen LogP contribution in [0.15, 0.2) is 17.0 Å².